The van der Waals surface area contributed by atoms with Crippen LogP contribution in [0.2, 0.25) is 5.02 Å². The predicted octanol–water partition coefficient (Wildman–Crippen LogP) is 4.33. The number of esters is 1. The molecule has 0 aliphatic carbocycles. The number of carbonyl (C=O) groups excluding carboxylic acids is 2. The molecule has 0 spiro atoms. The van der Waals surface area contributed by atoms with E-state index >= 15 is 0 Å². The number of ether oxygens (including phenoxy) is 1. The highest BCUT2D eigenvalue weighted by Gasteiger charge is 2.25. The number of carbonyl (C=O) groups is 2. The topological polar surface area (TPSA) is 62.7 Å². The molecule has 3 aromatic rings. The first-order valence-electron chi connectivity index (χ1n) is 9.10. The van der Waals surface area contributed by atoms with E-state index in [-0.39, 0.29) is 11.5 Å². The Bertz CT molecular complexity index is 1030. The smallest absolute Gasteiger partial charge is 0.338 e. The summed E-state index contributed by atoms with van der Waals surface area (Å²) in [6, 6.07) is 12.1. The maximum Gasteiger partial charge on any atom is 0.338 e. The third-order valence-corrected chi connectivity index (χ3v) is 5.64. The fourth-order valence-electron chi connectivity index (χ4n) is 2.93. The zero-order valence-corrected chi connectivity index (χ0v) is 18.1. The first kappa shape index (κ1) is 21.2. The van der Waals surface area contributed by atoms with Gasteiger partial charge in [-0.25, -0.2) is 9.78 Å². The lowest BCUT2D eigenvalue weighted by atomic mass is 10.1. The van der Waals surface area contributed by atoms with E-state index in [1.165, 1.54) is 18.4 Å². The zero-order chi connectivity index (χ0) is 21.0. The van der Waals surface area contributed by atoms with Crippen molar-refractivity contribution in [2.45, 2.75) is 6.42 Å². The van der Waals surface area contributed by atoms with Crippen LogP contribution < -0.4 is 4.90 Å². The van der Waals surface area contributed by atoms with Gasteiger partial charge < -0.3 is 9.64 Å². The Morgan fingerprint density at radius 3 is 2.52 bits per heavy atom. The first-order chi connectivity index (χ1) is 13.9. The Morgan fingerprint density at radius 1 is 1.10 bits per heavy atom. The van der Waals surface area contributed by atoms with Crippen molar-refractivity contribution in [3.05, 3.63) is 58.6 Å². The number of anilines is 1. The molecule has 8 heteroatoms. The minimum absolute atomic E-state index is 0.238. The van der Waals surface area contributed by atoms with Gasteiger partial charge >= 0.3 is 5.97 Å². The number of hydrogen-bond acceptors (Lipinski definition) is 6. The molecule has 0 N–H and O–H groups in total. The van der Waals surface area contributed by atoms with E-state index in [2.05, 4.69) is 9.88 Å². The van der Waals surface area contributed by atoms with E-state index in [9.17, 15) is 9.59 Å². The Morgan fingerprint density at radius 2 is 1.83 bits per heavy atom. The van der Waals surface area contributed by atoms with Crippen LogP contribution in [0, 0.1) is 0 Å². The van der Waals surface area contributed by atoms with Gasteiger partial charge in [-0.1, -0.05) is 35.1 Å². The molecule has 0 aliphatic rings. The van der Waals surface area contributed by atoms with Crippen molar-refractivity contribution in [2.24, 2.45) is 0 Å². The minimum Gasteiger partial charge on any atom is -0.465 e. The van der Waals surface area contributed by atoms with Crippen molar-refractivity contribution in [3.8, 4) is 0 Å². The average molecular weight is 432 g/mol. The van der Waals surface area contributed by atoms with Gasteiger partial charge in [0.25, 0.3) is 5.91 Å². The fourth-order valence-corrected chi connectivity index (χ4v) is 4.20. The normalized spacial score (nSPS) is 11.1. The number of halogens is 1. The van der Waals surface area contributed by atoms with Gasteiger partial charge in [0.15, 0.2) is 5.13 Å². The Kier molecular flexibility index (Phi) is 6.84. The molecule has 6 nitrogen and oxygen atoms in total. The third kappa shape index (κ3) is 4.93. The molecule has 2 aromatic carbocycles. The molecule has 152 valence electrons. The summed E-state index contributed by atoms with van der Waals surface area (Å²) in [6.45, 7) is 1.29. The van der Waals surface area contributed by atoms with E-state index in [1.54, 1.807) is 35.2 Å². The maximum atomic E-state index is 13.5. The highest BCUT2D eigenvalue weighted by molar-refractivity contribution is 7.22. The van der Waals surface area contributed by atoms with Crippen molar-refractivity contribution in [1.29, 1.82) is 0 Å². The van der Waals surface area contributed by atoms with Gasteiger partial charge in [-0.2, -0.15) is 0 Å². The molecule has 0 fully saturated rings. The molecule has 1 heterocycles. The molecule has 1 aromatic heterocycles. The molecule has 1 amide bonds. The molecule has 0 unspecified atom stereocenters. The van der Waals surface area contributed by atoms with E-state index in [4.69, 9.17) is 16.3 Å². The molecule has 3 rings (SSSR count). The highest BCUT2D eigenvalue weighted by Crippen LogP contribution is 2.32. The van der Waals surface area contributed by atoms with Crippen molar-refractivity contribution in [2.75, 3.05) is 39.2 Å². The highest BCUT2D eigenvalue weighted by atomic mass is 35.5. The maximum absolute atomic E-state index is 13.5. The third-order valence-electron chi connectivity index (χ3n) is 4.37. The Labute approximate surface area is 178 Å². The van der Waals surface area contributed by atoms with Crippen LogP contribution in [-0.2, 0) is 4.74 Å². The standard InChI is InChI=1S/C21H22ClN3O3S/c1-24(2)11-6-12-25(21-23-17-10-9-14(22)13-18(17)29-21)19(26)15-7-4-5-8-16(15)20(27)28-3/h4-5,7-10,13H,6,11-12H2,1-3H3. The monoisotopic (exact) mass is 431 g/mol. The number of rotatable bonds is 7. The van der Waals surface area contributed by atoms with E-state index < -0.39 is 5.97 Å². The summed E-state index contributed by atoms with van der Waals surface area (Å²) < 4.78 is 5.74. The lowest BCUT2D eigenvalue weighted by molar-refractivity contribution is 0.0597. The van der Waals surface area contributed by atoms with Crippen molar-refractivity contribution >= 4 is 50.2 Å². The number of hydrogen-bond donors (Lipinski definition) is 0. The number of amides is 1. The van der Waals surface area contributed by atoms with Crippen LogP contribution in [0.1, 0.15) is 27.1 Å². The Hall–Kier alpha value is -2.48. The van der Waals surface area contributed by atoms with Gasteiger partial charge in [0.05, 0.1) is 28.5 Å². The molecular formula is C21H22ClN3O3S. The van der Waals surface area contributed by atoms with Gasteiger partial charge in [-0.3, -0.25) is 9.69 Å². The van der Waals surface area contributed by atoms with Crippen LogP contribution >= 0.6 is 22.9 Å². The molecule has 0 radical (unpaired) electrons. The van der Waals surface area contributed by atoms with Crippen LogP contribution in [0.5, 0.6) is 0 Å². The SMILES string of the molecule is COC(=O)c1ccccc1C(=O)N(CCCN(C)C)c1nc2ccc(Cl)cc2s1. The Balaban J connectivity index is 2.00. The number of thiazole rings is 1. The lowest BCUT2D eigenvalue weighted by Crippen LogP contribution is -2.34. The van der Waals surface area contributed by atoms with Gasteiger partial charge in [0.1, 0.15) is 0 Å². The molecule has 0 atom stereocenters. The van der Waals surface area contributed by atoms with Gasteiger partial charge in [-0.15, -0.1) is 0 Å². The fraction of sp³-hybridized carbons (Fsp3) is 0.286. The van der Waals surface area contributed by atoms with E-state index in [0.29, 0.717) is 22.3 Å². The summed E-state index contributed by atoms with van der Waals surface area (Å²) in [4.78, 5) is 33.9. The first-order valence-corrected chi connectivity index (χ1v) is 10.3. The van der Waals surface area contributed by atoms with E-state index in [0.717, 1.165) is 23.2 Å². The molecule has 0 aliphatic heterocycles. The summed E-state index contributed by atoms with van der Waals surface area (Å²) >= 11 is 7.50. The summed E-state index contributed by atoms with van der Waals surface area (Å²) in [5.74, 6) is -0.826. The number of benzene rings is 2. The summed E-state index contributed by atoms with van der Waals surface area (Å²) in [6.07, 6.45) is 0.760. The van der Waals surface area contributed by atoms with Crippen LogP contribution in [0.3, 0.4) is 0 Å². The minimum atomic E-state index is -0.543. The molecule has 0 saturated carbocycles. The second kappa shape index (κ2) is 9.35. The average Bonchev–Trinajstić information content (AvgIpc) is 3.12. The molecular weight excluding hydrogens is 410 g/mol. The van der Waals surface area contributed by atoms with Crippen molar-refractivity contribution in [1.82, 2.24) is 9.88 Å². The van der Waals surface area contributed by atoms with Crippen molar-refractivity contribution in [3.63, 3.8) is 0 Å². The second-order valence-electron chi connectivity index (χ2n) is 6.76. The van der Waals surface area contributed by atoms with Gasteiger partial charge in [0.2, 0.25) is 0 Å². The van der Waals surface area contributed by atoms with E-state index in [1.807, 2.05) is 26.2 Å². The van der Waals surface area contributed by atoms with Crippen molar-refractivity contribution < 1.29 is 14.3 Å². The summed E-state index contributed by atoms with van der Waals surface area (Å²) in [7, 11) is 5.27. The van der Waals surface area contributed by atoms with Crippen LogP contribution in [0.4, 0.5) is 5.13 Å². The quantitative estimate of drug-likeness (QED) is 0.521. The number of nitrogens with zero attached hydrogens (tertiary/aromatic N) is 3. The summed E-state index contributed by atoms with van der Waals surface area (Å²) in [5.41, 5.74) is 1.31. The molecule has 0 saturated heterocycles. The summed E-state index contributed by atoms with van der Waals surface area (Å²) in [5, 5.41) is 1.19. The van der Waals surface area contributed by atoms with Gasteiger partial charge in [0, 0.05) is 11.6 Å². The van der Waals surface area contributed by atoms with Crippen LogP contribution in [0.15, 0.2) is 42.5 Å². The number of methoxy groups -OCH3 is 1. The predicted molar refractivity (Wildman–Crippen MR) is 117 cm³/mol. The van der Waals surface area contributed by atoms with Gasteiger partial charge in [-0.05, 0) is 57.4 Å². The lowest BCUT2D eigenvalue weighted by Gasteiger charge is -2.22. The zero-order valence-electron chi connectivity index (χ0n) is 16.5. The number of fused-ring (bicyclic) bond motifs is 1. The molecule has 0 bridgehead atoms. The molecule has 29 heavy (non-hydrogen) atoms. The largest absolute Gasteiger partial charge is 0.465 e. The number of aromatic nitrogens is 1. The van der Waals surface area contributed by atoms with Crippen LogP contribution in [-0.4, -0.2) is 56.1 Å². The second-order valence-corrected chi connectivity index (χ2v) is 8.20. The van der Waals surface area contributed by atoms with Crippen LogP contribution in [0.25, 0.3) is 10.2 Å².